The minimum absolute atomic E-state index is 0.0750. The summed E-state index contributed by atoms with van der Waals surface area (Å²) in [5, 5.41) is 12.1. The minimum Gasteiger partial charge on any atom is -0.481 e. The lowest BCUT2D eigenvalue weighted by Gasteiger charge is -2.70. The number of hydrogen-bond donors (Lipinski definition) is 2. The van der Waals surface area contributed by atoms with Gasteiger partial charge in [0.1, 0.15) is 0 Å². The van der Waals surface area contributed by atoms with Crippen molar-refractivity contribution < 1.29 is 9.90 Å². The Morgan fingerprint density at radius 1 is 0.923 bits per heavy atom. The van der Waals surface area contributed by atoms with Gasteiger partial charge in [0.2, 0.25) is 0 Å². The van der Waals surface area contributed by atoms with Gasteiger partial charge in [-0.15, -0.1) is 0 Å². The Labute approximate surface area is 235 Å². The first-order valence-corrected chi connectivity index (χ1v) is 15.7. The van der Waals surface area contributed by atoms with E-state index in [0.717, 1.165) is 44.9 Å². The summed E-state index contributed by atoms with van der Waals surface area (Å²) in [5.41, 5.74) is 6.09. The number of hydrogen-bond acceptors (Lipinski definition) is 1. The van der Waals surface area contributed by atoms with Gasteiger partial charge in [-0.1, -0.05) is 78.3 Å². The Balaban J connectivity index is 1.36. The Morgan fingerprint density at radius 3 is 2.38 bits per heavy atom. The number of allylic oxidation sites excluding steroid dienone is 2. The van der Waals surface area contributed by atoms with Crippen LogP contribution in [0.2, 0.25) is 0 Å². The smallest absolute Gasteiger partial charge is 0.310 e. The number of fused-ring (bicyclic) bond motifs is 10. The van der Waals surface area contributed by atoms with Crippen LogP contribution >= 0.6 is 0 Å². The molecule has 3 fully saturated rings. The normalized spacial score (nSPS) is 43.8. The molecule has 0 bridgehead atoms. The number of aromatic amines is 1. The van der Waals surface area contributed by atoms with E-state index in [0.29, 0.717) is 11.8 Å². The van der Waals surface area contributed by atoms with Gasteiger partial charge in [0.05, 0.1) is 5.41 Å². The van der Waals surface area contributed by atoms with Crippen LogP contribution < -0.4 is 0 Å². The van der Waals surface area contributed by atoms with Crippen LogP contribution in [0, 0.1) is 44.8 Å². The molecule has 0 saturated heterocycles. The van der Waals surface area contributed by atoms with E-state index < -0.39 is 11.4 Å². The highest BCUT2D eigenvalue weighted by molar-refractivity contribution is 5.85. The van der Waals surface area contributed by atoms with Crippen molar-refractivity contribution >= 4 is 16.9 Å². The summed E-state index contributed by atoms with van der Waals surface area (Å²) in [5.74, 6) is 0.892. The Bertz CT molecular complexity index is 1410. The molecule has 3 heteroatoms. The van der Waals surface area contributed by atoms with Crippen molar-refractivity contribution in [1.82, 2.24) is 4.98 Å². The van der Waals surface area contributed by atoms with Crippen LogP contribution in [0.5, 0.6) is 0 Å². The molecule has 3 saturated carbocycles. The number of para-hydroxylation sites is 1. The van der Waals surface area contributed by atoms with Crippen molar-refractivity contribution in [2.45, 2.75) is 112 Å². The summed E-state index contributed by atoms with van der Waals surface area (Å²) in [6, 6.07) is 8.93. The summed E-state index contributed by atoms with van der Waals surface area (Å²) in [7, 11) is 0. The number of carboxylic acids is 1. The number of H-pyrrole nitrogens is 1. The van der Waals surface area contributed by atoms with Crippen LogP contribution in [0.4, 0.5) is 0 Å². The molecule has 0 aliphatic heterocycles. The van der Waals surface area contributed by atoms with E-state index in [1.54, 1.807) is 5.56 Å². The number of carbonyl (C=O) groups is 1. The van der Waals surface area contributed by atoms with Gasteiger partial charge in [0.15, 0.2) is 0 Å². The second-order valence-electron chi connectivity index (χ2n) is 16.6. The number of benzene rings is 1. The molecule has 7 atom stereocenters. The second-order valence-corrected chi connectivity index (χ2v) is 16.6. The van der Waals surface area contributed by atoms with E-state index >= 15 is 0 Å². The molecule has 5 aliphatic carbocycles. The number of aliphatic carboxylic acids is 1. The molecule has 0 unspecified atom stereocenters. The average molecular weight is 528 g/mol. The van der Waals surface area contributed by atoms with E-state index in [2.05, 4.69) is 83.8 Å². The maximum absolute atomic E-state index is 12.9. The zero-order valence-corrected chi connectivity index (χ0v) is 25.3. The molecule has 5 aliphatic rings. The van der Waals surface area contributed by atoms with Crippen LogP contribution in [-0.4, -0.2) is 16.1 Å². The Hall–Kier alpha value is -2.03. The highest BCUT2D eigenvalue weighted by Crippen LogP contribution is 2.75. The first-order chi connectivity index (χ1) is 18.2. The standard InChI is InChI=1S/C36H49NO2/c1-31(2)16-18-36(30(38)39)19-17-34(6)24(25(36)21-31)12-13-28-33(5)20-23-22-10-8-9-11-26(22)37-29(23)32(3,4)27(33)14-15-35(28,34)7/h8-12,25,27-28,37H,13-21H2,1-7H3,(H,38,39)/t25-,27-,28+,33-,34+,35+,36-/m0/s1. The van der Waals surface area contributed by atoms with Gasteiger partial charge in [0.25, 0.3) is 0 Å². The average Bonchev–Trinajstić information content (AvgIpc) is 3.23. The molecule has 1 aromatic carbocycles. The SMILES string of the molecule is CC1(C)CC[C@]2(C(=O)O)CC[C@]3(C)C(=CC[C@@H]4[C@@]5(C)Cc6c([nH]c7ccccc67)C(C)(C)[C@@H]5CC[C@]43C)[C@@H]2C1. The molecule has 7 rings (SSSR count). The molecule has 1 aromatic heterocycles. The zero-order chi connectivity index (χ0) is 27.8. The zero-order valence-electron chi connectivity index (χ0n) is 25.3. The predicted octanol–water partition coefficient (Wildman–Crippen LogP) is 9.07. The van der Waals surface area contributed by atoms with Crippen molar-refractivity contribution in [3.8, 4) is 0 Å². The fraction of sp³-hybridized carbons (Fsp3) is 0.694. The molecule has 0 radical (unpaired) electrons. The predicted molar refractivity (Wildman–Crippen MR) is 159 cm³/mol. The number of rotatable bonds is 1. The van der Waals surface area contributed by atoms with Gasteiger partial charge < -0.3 is 10.1 Å². The van der Waals surface area contributed by atoms with Gasteiger partial charge in [-0.25, -0.2) is 0 Å². The Morgan fingerprint density at radius 2 is 1.64 bits per heavy atom. The fourth-order valence-electron chi connectivity index (χ4n) is 11.9. The third kappa shape index (κ3) is 3.03. The monoisotopic (exact) mass is 527 g/mol. The molecule has 1 heterocycles. The van der Waals surface area contributed by atoms with Gasteiger partial charge in [-0.05, 0) is 109 Å². The minimum atomic E-state index is -0.559. The quantitative estimate of drug-likeness (QED) is 0.363. The number of aromatic nitrogens is 1. The van der Waals surface area contributed by atoms with E-state index in [9.17, 15) is 9.90 Å². The first kappa shape index (κ1) is 25.9. The molecule has 0 amide bonds. The molecule has 2 N–H and O–H groups in total. The molecule has 0 spiro atoms. The van der Waals surface area contributed by atoms with Crippen molar-refractivity contribution in [3.63, 3.8) is 0 Å². The molecule has 2 aromatic rings. The summed E-state index contributed by atoms with van der Waals surface area (Å²) in [4.78, 5) is 16.8. The van der Waals surface area contributed by atoms with Gasteiger partial charge >= 0.3 is 5.97 Å². The molecular weight excluding hydrogens is 478 g/mol. The molecule has 210 valence electrons. The lowest BCUT2D eigenvalue weighted by atomic mass is 9.33. The van der Waals surface area contributed by atoms with E-state index in [1.807, 2.05) is 0 Å². The summed E-state index contributed by atoms with van der Waals surface area (Å²) >= 11 is 0. The van der Waals surface area contributed by atoms with Crippen molar-refractivity contribution in [3.05, 3.63) is 47.2 Å². The fourth-order valence-corrected chi connectivity index (χ4v) is 11.9. The lowest BCUT2D eigenvalue weighted by molar-refractivity contribution is -0.177. The molecule has 39 heavy (non-hydrogen) atoms. The summed E-state index contributed by atoms with van der Waals surface area (Å²) in [6.07, 6.45) is 12.1. The topological polar surface area (TPSA) is 53.1 Å². The van der Waals surface area contributed by atoms with Crippen molar-refractivity contribution in [1.29, 1.82) is 0 Å². The van der Waals surface area contributed by atoms with E-state index in [1.165, 1.54) is 35.0 Å². The van der Waals surface area contributed by atoms with E-state index in [4.69, 9.17) is 0 Å². The lowest BCUT2D eigenvalue weighted by Crippen LogP contribution is -2.64. The summed E-state index contributed by atoms with van der Waals surface area (Å²) in [6.45, 7) is 17.6. The summed E-state index contributed by atoms with van der Waals surface area (Å²) < 4.78 is 0. The van der Waals surface area contributed by atoms with E-state index in [-0.39, 0.29) is 33.0 Å². The highest BCUT2D eigenvalue weighted by Gasteiger charge is 2.69. The van der Waals surface area contributed by atoms with Crippen molar-refractivity contribution in [2.24, 2.45) is 44.8 Å². The maximum Gasteiger partial charge on any atom is 0.310 e. The Kier molecular flexibility index (Phi) is 5.06. The number of carboxylic acid groups (broad SMARTS) is 1. The van der Waals surface area contributed by atoms with Crippen LogP contribution in [0.25, 0.3) is 10.9 Å². The van der Waals surface area contributed by atoms with Crippen LogP contribution in [0.1, 0.15) is 111 Å². The third-order valence-corrected chi connectivity index (χ3v) is 14.2. The van der Waals surface area contributed by atoms with Gasteiger partial charge in [-0.3, -0.25) is 4.79 Å². The molecule has 3 nitrogen and oxygen atoms in total. The largest absolute Gasteiger partial charge is 0.481 e. The van der Waals surface area contributed by atoms with Gasteiger partial charge in [-0.2, -0.15) is 0 Å². The van der Waals surface area contributed by atoms with Gasteiger partial charge in [0, 0.05) is 22.0 Å². The van der Waals surface area contributed by atoms with Crippen molar-refractivity contribution in [2.75, 3.05) is 0 Å². The highest BCUT2D eigenvalue weighted by atomic mass is 16.4. The molecular formula is C36H49NO2. The first-order valence-electron chi connectivity index (χ1n) is 15.7. The van der Waals surface area contributed by atoms with Crippen LogP contribution in [0.3, 0.4) is 0 Å². The number of nitrogens with one attached hydrogen (secondary N) is 1. The maximum atomic E-state index is 12.9. The van der Waals surface area contributed by atoms with Crippen LogP contribution in [-0.2, 0) is 16.6 Å². The second kappa shape index (κ2) is 7.62. The third-order valence-electron chi connectivity index (χ3n) is 14.2. The van der Waals surface area contributed by atoms with Crippen LogP contribution in [0.15, 0.2) is 35.9 Å².